The lowest BCUT2D eigenvalue weighted by Crippen LogP contribution is -2.27. The third kappa shape index (κ3) is 3.38. The molecule has 0 bridgehead atoms. The Hall–Kier alpha value is -2.44. The van der Waals surface area contributed by atoms with Gasteiger partial charge in [0.1, 0.15) is 5.52 Å². The Labute approximate surface area is 172 Å². The maximum absolute atomic E-state index is 10.9. The van der Waals surface area contributed by atoms with Crippen LogP contribution in [-0.4, -0.2) is 44.1 Å². The second-order valence-electron chi connectivity index (χ2n) is 6.88. The summed E-state index contributed by atoms with van der Waals surface area (Å²) in [6, 6.07) is 5.33. The van der Waals surface area contributed by atoms with Crippen LogP contribution in [0.2, 0.25) is 10.0 Å². The maximum Gasteiger partial charge on any atom is 0.209 e. The quantitative estimate of drug-likeness (QED) is 0.595. The van der Waals surface area contributed by atoms with Gasteiger partial charge in [0.15, 0.2) is 5.65 Å². The summed E-state index contributed by atoms with van der Waals surface area (Å²) < 4.78 is 1.86. The van der Waals surface area contributed by atoms with Gasteiger partial charge in [0.2, 0.25) is 6.41 Å². The SMILES string of the molecule is Cc1nn([C@H](C)c2ccc(Cl)cc2Cl)c2nc(C3=CCN(C=O)CC3)cnc12. The van der Waals surface area contributed by atoms with Crippen molar-refractivity contribution >= 4 is 46.3 Å². The highest BCUT2D eigenvalue weighted by Gasteiger charge is 2.20. The van der Waals surface area contributed by atoms with Crippen molar-refractivity contribution in [3.8, 4) is 0 Å². The average Bonchev–Trinajstić information content (AvgIpc) is 3.03. The first-order valence-electron chi connectivity index (χ1n) is 9.03. The lowest BCUT2D eigenvalue weighted by molar-refractivity contribution is -0.117. The van der Waals surface area contributed by atoms with Crippen molar-refractivity contribution in [2.75, 3.05) is 13.1 Å². The molecule has 0 spiro atoms. The Balaban J connectivity index is 1.77. The molecule has 6 nitrogen and oxygen atoms in total. The normalized spacial score (nSPS) is 15.6. The van der Waals surface area contributed by atoms with E-state index in [4.69, 9.17) is 28.2 Å². The van der Waals surface area contributed by atoms with E-state index in [2.05, 4.69) is 10.1 Å². The molecule has 0 N–H and O–H groups in total. The van der Waals surface area contributed by atoms with Crippen molar-refractivity contribution in [1.29, 1.82) is 0 Å². The fourth-order valence-corrected chi connectivity index (χ4v) is 4.03. The number of nitrogens with zero attached hydrogens (tertiary/aromatic N) is 5. The Kier molecular flexibility index (Phi) is 5.08. The number of hydrogen-bond donors (Lipinski definition) is 0. The second kappa shape index (κ2) is 7.53. The molecule has 3 heterocycles. The molecule has 8 heteroatoms. The van der Waals surface area contributed by atoms with Crippen molar-refractivity contribution < 1.29 is 4.79 Å². The highest BCUT2D eigenvalue weighted by atomic mass is 35.5. The predicted molar refractivity (Wildman–Crippen MR) is 111 cm³/mol. The predicted octanol–water partition coefficient (Wildman–Crippen LogP) is 4.30. The Bertz CT molecular complexity index is 1090. The van der Waals surface area contributed by atoms with Crippen LogP contribution >= 0.6 is 23.2 Å². The van der Waals surface area contributed by atoms with E-state index < -0.39 is 0 Å². The van der Waals surface area contributed by atoms with Gasteiger partial charge in [0.25, 0.3) is 0 Å². The summed E-state index contributed by atoms with van der Waals surface area (Å²) in [6.07, 6.45) is 5.44. The van der Waals surface area contributed by atoms with Gasteiger partial charge in [-0.15, -0.1) is 0 Å². The largest absolute Gasteiger partial charge is 0.341 e. The third-order valence-corrected chi connectivity index (χ3v) is 5.63. The number of amides is 1. The number of hydrogen-bond acceptors (Lipinski definition) is 4. The van der Waals surface area contributed by atoms with Crippen molar-refractivity contribution in [2.45, 2.75) is 26.3 Å². The lowest BCUT2D eigenvalue weighted by atomic mass is 10.1. The molecule has 0 aliphatic carbocycles. The van der Waals surface area contributed by atoms with Crippen LogP contribution in [0.15, 0.2) is 30.5 Å². The van der Waals surface area contributed by atoms with Crippen LogP contribution in [0.3, 0.4) is 0 Å². The van der Waals surface area contributed by atoms with E-state index in [1.54, 1.807) is 17.2 Å². The topological polar surface area (TPSA) is 63.9 Å². The zero-order valence-electron chi connectivity index (χ0n) is 15.6. The molecule has 0 fully saturated rings. The van der Waals surface area contributed by atoms with Gasteiger partial charge >= 0.3 is 0 Å². The van der Waals surface area contributed by atoms with Gasteiger partial charge in [0, 0.05) is 23.1 Å². The first-order valence-corrected chi connectivity index (χ1v) is 9.79. The molecule has 0 radical (unpaired) electrons. The summed E-state index contributed by atoms with van der Waals surface area (Å²) in [6.45, 7) is 5.22. The molecular formula is C20H19Cl2N5O. The molecule has 0 unspecified atom stereocenters. The number of benzene rings is 1. The van der Waals surface area contributed by atoms with E-state index in [1.165, 1.54) is 0 Å². The first-order chi connectivity index (χ1) is 13.5. The van der Waals surface area contributed by atoms with Crippen molar-refractivity contribution in [2.24, 2.45) is 0 Å². The monoisotopic (exact) mass is 415 g/mol. The van der Waals surface area contributed by atoms with Crippen molar-refractivity contribution in [3.05, 3.63) is 57.5 Å². The van der Waals surface area contributed by atoms with E-state index in [0.29, 0.717) is 28.8 Å². The summed E-state index contributed by atoms with van der Waals surface area (Å²) in [7, 11) is 0. The van der Waals surface area contributed by atoms with Gasteiger partial charge in [-0.1, -0.05) is 35.3 Å². The van der Waals surface area contributed by atoms with Gasteiger partial charge < -0.3 is 4.90 Å². The fourth-order valence-electron chi connectivity index (χ4n) is 3.46. The smallest absolute Gasteiger partial charge is 0.209 e. The van der Waals surface area contributed by atoms with Gasteiger partial charge in [-0.2, -0.15) is 5.10 Å². The minimum absolute atomic E-state index is 0.128. The zero-order valence-corrected chi connectivity index (χ0v) is 17.1. The van der Waals surface area contributed by atoms with Gasteiger partial charge in [0.05, 0.1) is 23.6 Å². The molecule has 1 amide bonds. The van der Waals surface area contributed by atoms with Crippen LogP contribution in [0.25, 0.3) is 16.7 Å². The standard InChI is InChI=1S/C20H19Cl2N5O/c1-12-19-20(24-18(10-23-19)14-5-7-26(11-28)8-6-14)27(25-12)13(2)16-4-3-15(21)9-17(16)22/h3-5,9-11,13H,6-8H2,1-2H3/t13-/m1/s1. The maximum atomic E-state index is 10.9. The Morgan fingerprint density at radius 3 is 2.79 bits per heavy atom. The summed E-state index contributed by atoms with van der Waals surface area (Å²) in [5.74, 6) is 0. The summed E-state index contributed by atoms with van der Waals surface area (Å²) in [4.78, 5) is 22.1. The van der Waals surface area contributed by atoms with E-state index in [0.717, 1.165) is 40.9 Å². The van der Waals surface area contributed by atoms with Crippen LogP contribution in [0.1, 0.15) is 36.3 Å². The molecule has 1 atom stereocenters. The molecule has 0 saturated heterocycles. The number of carbonyl (C=O) groups is 1. The zero-order chi connectivity index (χ0) is 19.8. The number of aromatic nitrogens is 4. The molecule has 1 aliphatic heterocycles. The lowest BCUT2D eigenvalue weighted by Gasteiger charge is -2.22. The number of carbonyl (C=O) groups excluding carboxylic acids is 1. The van der Waals surface area contributed by atoms with Gasteiger partial charge in [-0.3, -0.25) is 4.79 Å². The number of aryl methyl sites for hydroxylation is 1. The van der Waals surface area contributed by atoms with E-state index >= 15 is 0 Å². The van der Waals surface area contributed by atoms with Crippen LogP contribution in [0.5, 0.6) is 0 Å². The molecule has 28 heavy (non-hydrogen) atoms. The van der Waals surface area contributed by atoms with Crippen LogP contribution in [0.4, 0.5) is 0 Å². The molecule has 3 aromatic rings. The van der Waals surface area contributed by atoms with Crippen LogP contribution in [0, 0.1) is 6.92 Å². The van der Waals surface area contributed by atoms with Crippen molar-refractivity contribution in [3.63, 3.8) is 0 Å². The number of rotatable bonds is 4. The molecule has 1 aliphatic rings. The average molecular weight is 416 g/mol. The number of fused-ring (bicyclic) bond motifs is 1. The minimum Gasteiger partial charge on any atom is -0.341 e. The molecule has 4 rings (SSSR count). The van der Waals surface area contributed by atoms with E-state index in [1.807, 2.05) is 36.7 Å². The molecule has 2 aromatic heterocycles. The molecular weight excluding hydrogens is 397 g/mol. The van der Waals surface area contributed by atoms with E-state index in [-0.39, 0.29) is 6.04 Å². The highest BCUT2D eigenvalue weighted by molar-refractivity contribution is 6.35. The minimum atomic E-state index is -0.128. The summed E-state index contributed by atoms with van der Waals surface area (Å²) in [5.41, 5.74) is 5.12. The van der Waals surface area contributed by atoms with E-state index in [9.17, 15) is 4.79 Å². The Morgan fingerprint density at radius 2 is 2.11 bits per heavy atom. The van der Waals surface area contributed by atoms with Crippen LogP contribution in [-0.2, 0) is 4.79 Å². The Morgan fingerprint density at radius 1 is 1.29 bits per heavy atom. The second-order valence-corrected chi connectivity index (χ2v) is 7.72. The fraction of sp³-hybridized carbons (Fsp3) is 0.300. The molecule has 144 valence electrons. The summed E-state index contributed by atoms with van der Waals surface area (Å²) in [5, 5.41) is 5.85. The number of halogens is 2. The highest BCUT2D eigenvalue weighted by Crippen LogP contribution is 2.31. The first kappa shape index (κ1) is 18.9. The van der Waals surface area contributed by atoms with Gasteiger partial charge in [-0.05, 0) is 43.5 Å². The molecule has 1 aromatic carbocycles. The van der Waals surface area contributed by atoms with Crippen molar-refractivity contribution in [1.82, 2.24) is 24.6 Å². The summed E-state index contributed by atoms with van der Waals surface area (Å²) >= 11 is 12.4. The van der Waals surface area contributed by atoms with Crippen LogP contribution < -0.4 is 0 Å². The molecule has 0 saturated carbocycles. The third-order valence-electron chi connectivity index (χ3n) is 5.07. The van der Waals surface area contributed by atoms with Gasteiger partial charge in [-0.25, -0.2) is 14.6 Å².